The van der Waals surface area contributed by atoms with Crippen LogP contribution in [0.5, 0.6) is 0 Å². The molecule has 4 nitrogen and oxygen atoms in total. The van der Waals surface area contributed by atoms with Crippen LogP contribution < -0.4 is 5.32 Å². The maximum Gasteiger partial charge on any atom is 0.326 e. The number of carboxylic acids is 1. The highest BCUT2D eigenvalue weighted by Gasteiger charge is 2.16. The molecule has 1 heterocycles. The molecular weight excluding hydrogens is 228 g/mol. The van der Waals surface area contributed by atoms with Gasteiger partial charge in [-0.25, -0.2) is 9.78 Å². The second-order valence-corrected chi connectivity index (χ2v) is 3.94. The van der Waals surface area contributed by atoms with Crippen LogP contribution in [-0.4, -0.2) is 22.1 Å². The number of pyridine rings is 1. The summed E-state index contributed by atoms with van der Waals surface area (Å²) in [6.45, 7) is 3.56. The van der Waals surface area contributed by atoms with Crippen molar-refractivity contribution in [2.24, 2.45) is 0 Å². The Morgan fingerprint density at radius 3 is 2.94 bits per heavy atom. The Hall–Kier alpha value is -2.36. The van der Waals surface area contributed by atoms with Gasteiger partial charge in [0.05, 0.1) is 0 Å². The first kappa shape index (κ1) is 12.1. The molecule has 0 bridgehead atoms. The Bertz CT molecular complexity index is 576. The molecule has 0 aliphatic heterocycles. The van der Waals surface area contributed by atoms with Crippen molar-refractivity contribution >= 4 is 22.6 Å². The number of fused-ring (bicyclic) bond motifs is 1. The standard InChI is InChI=1S/C14H14N2O2/c1-2-5-12(14(17)18)16-13-11-7-4-3-6-10(11)8-9-15-13/h2-4,6-9,12H,1,5H2,(H,15,16)(H,17,18). The maximum absolute atomic E-state index is 11.1. The Kier molecular flexibility index (Phi) is 3.57. The zero-order chi connectivity index (χ0) is 13.0. The van der Waals surface area contributed by atoms with Gasteiger partial charge in [0.25, 0.3) is 0 Å². The van der Waals surface area contributed by atoms with Gasteiger partial charge in [-0.1, -0.05) is 30.3 Å². The largest absolute Gasteiger partial charge is 0.480 e. The summed E-state index contributed by atoms with van der Waals surface area (Å²) in [5, 5.41) is 14.0. The molecule has 18 heavy (non-hydrogen) atoms. The summed E-state index contributed by atoms with van der Waals surface area (Å²) in [5.41, 5.74) is 0. The van der Waals surface area contributed by atoms with Crippen LogP contribution in [-0.2, 0) is 4.79 Å². The van der Waals surface area contributed by atoms with Crippen LogP contribution in [0.4, 0.5) is 5.82 Å². The van der Waals surface area contributed by atoms with Gasteiger partial charge < -0.3 is 10.4 Å². The maximum atomic E-state index is 11.1. The van der Waals surface area contributed by atoms with Gasteiger partial charge in [0, 0.05) is 11.6 Å². The molecule has 0 saturated heterocycles. The topological polar surface area (TPSA) is 62.2 Å². The molecule has 0 fully saturated rings. The zero-order valence-electron chi connectivity index (χ0n) is 9.84. The Morgan fingerprint density at radius 2 is 2.22 bits per heavy atom. The number of aromatic nitrogens is 1. The van der Waals surface area contributed by atoms with E-state index in [-0.39, 0.29) is 0 Å². The predicted molar refractivity (Wildman–Crippen MR) is 71.6 cm³/mol. The molecule has 2 rings (SSSR count). The van der Waals surface area contributed by atoms with Gasteiger partial charge in [-0.15, -0.1) is 6.58 Å². The first-order chi connectivity index (χ1) is 8.72. The van der Waals surface area contributed by atoms with Gasteiger partial charge in [0.2, 0.25) is 0 Å². The van der Waals surface area contributed by atoms with Gasteiger partial charge in [-0.3, -0.25) is 0 Å². The smallest absolute Gasteiger partial charge is 0.326 e. The van der Waals surface area contributed by atoms with Crippen LogP contribution in [0.1, 0.15) is 6.42 Å². The Balaban J connectivity index is 2.36. The van der Waals surface area contributed by atoms with Crippen molar-refractivity contribution in [2.45, 2.75) is 12.5 Å². The lowest BCUT2D eigenvalue weighted by Gasteiger charge is -2.14. The lowest BCUT2D eigenvalue weighted by molar-refractivity contribution is -0.137. The van der Waals surface area contributed by atoms with Crippen molar-refractivity contribution in [1.82, 2.24) is 4.98 Å². The van der Waals surface area contributed by atoms with E-state index in [4.69, 9.17) is 5.11 Å². The average Bonchev–Trinajstić information content (AvgIpc) is 2.38. The van der Waals surface area contributed by atoms with Gasteiger partial charge in [-0.2, -0.15) is 0 Å². The van der Waals surface area contributed by atoms with E-state index >= 15 is 0 Å². The molecule has 1 atom stereocenters. The lowest BCUT2D eigenvalue weighted by atomic mass is 10.1. The number of hydrogen-bond acceptors (Lipinski definition) is 3. The van der Waals surface area contributed by atoms with Crippen LogP contribution in [0.3, 0.4) is 0 Å². The summed E-state index contributed by atoms with van der Waals surface area (Å²) >= 11 is 0. The average molecular weight is 242 g/mol. The molecule has 0 aliphatic rings. The number of hydrogen-bond donors (Lipinski definition) is 2. The van der Waals surface area contributed by atoms with Crippen LogP contribution in [0.2, 0.25) is 0 Å². The highest BCUT2D eigenvalue weighted by atomic mass is 16.4. The van der Waals surface area contributed by atoms with Gasteiger partial charge in [0.15, 0.2) is 0 Å². The highest BCUT2D eigenvalue weighted by Crippen LogP contribution is 2.21. The van der Waals surface area contributed by atoms with Crippen LogP contribution >= 0.6 is 0 Å². The number of carboxylic acid groups (broad SMARTS) is 1. The first-order valence-corrected chi connectivity index (χ1v) is 5.66. The summed E-state index contributed by atoms with van der Waals surface area (Å²) in [5.74, 6) is -0.327. The number of nitrogens with one attached hydrogen (secondary N) is 1. The molecule has 0 radical (unpaired) electrons. The van der Waals surface area contributed by atoms with Crippen molar-refractivity contribution < 1.29 is 9.90 Å². The van der Waals surface area contributed by atoms with E-state index in [0.717, 1.165) is 10.8 Å². The summed E-state index contributed by atoms with van der Waals surface area (Å²) in [4.78, 5) is 15.3. The predicted octanol–water partition coefficient (Wildman–Crippen LogP) is 2.68. The molecule has 1 aromatic heterocycles. The number of rotatable bonds is 5. The van der Waals surface area contributed by atoms with Crippen LogP contribution in [0, 0.1) is 0 Å². The summed E-state index contributed by atoms with van der Waals surface area (Å²) in [6.07, 6.45) is 3.59. The molecule has 2 N–H and O–H groups in total. The monoisotopic (exact) mass is 242 g/mol. The number of aliphatic carboxylic acids is 1. The van der Waals surface area contributed by atoms with E-state index < -0.39 is 12.0 Å². The second-order valence-electron chi connectivity index (χ2n) is 3.94. The SMILES string of the molecule is C=CCC(Nc1nccc2ccccc12)C(=O)O. The Morgan fingerprint density at radius 1 is 1.44 bits per heavy atom. The fraction of sp³-hybridized carbons (Fsp3) is 0.143. The quantitative estimate of drug-likeness (QED) is 0.791. The van der Waals surface area contributed by atoms with Gasteiger partial charge in [-0.05, 0) is 17.9 Å². The molecule has 2 aromatic rings. The zero-order valence-corrected chi connectivity index (χ0v) is 9.84. The molecule has 0 aliphatic carbocycles. The third-order valence-electron chi connectivity index (χ3n) is 2.69. The summed E-state index contributed by atoms with van der Waals surface area (Å²) in [6, 6.07) is 8.90. The minimum absolute atomic E-state index is 0.347. The van der Waals surface area contributed by atoms with Crippen LogP contribution in [0.15, 0.2) is 49.2 Å². The van der Waals surface area contributed by atoms with Crippen molar-refractivity contribution in [3.63, 3.8) is 0 Å². The Labute approximate surface area is 105 Å². The molecule has 1 unspecified atom stereocenters. The minimum atomic E-state index is -0.912. The molecule has 92 valence electrons. The van der Waals surface area contributed by atoms with Crippen molar-refractivity contribution in [3.05, 3.63) is 49.2 Å². The normalized spacial score (nSPS) is 12.0. The molecule has 1 aromatic carbocycles. The van der Waals surface area contributed by atoms with Gasteiger partial charge in [0.1, 0.15) is 11.9 Å². The van der Waals surface area contributed by atoms with Gasteiger partial charge >= 0.3 is 5.97 Å². The molecule has 0 amide bonds. The van der Waals surface area contributed by atoms with E-state index in [1.54, 1.807) is 12.3 Å². The number of anilines is 1. The number of carbonyl (C=O) groups is 1. The van der Waals surface area contributed by atoms with E-state index in [1.807, 2.05) is 30.3 Å². The van der Waals surface area contributed by atoms with E-state index in [0.29, 0.717) is 12.2 Å². The lowest BCUT2D eigenvalue weighted by Crippen LogP contribution is -2.29. The molecule has 0 saturated carbocycles. The number of benzene rings is 1. The first-order valence-electron chi connectivity index (χ1n) is 5.66. The van der Waals surface area contributed by atoms with Crippen LogP contribution in [0.25, 0.3) is 10.8 Å². The van der Waals surface area contributed by atoms with Crippen molar-refractivity contribution in [2.75, 3.05) is 5.32 Å². The third-order valence-corrected chi connectivity index (χ3v) is 2.69. The third kappa shape index (κ3) is 2.48. The van der Waals surface area contributed by atoms with E-state index in [2.05, 4.69) is 16.9 Å². The highest BCUT2D eigenvalue weighted by molar-refractivity contribution is 5.93. The number of nitrogens with zero attached hydrogens (tertiary/aromatic N) is 1. The summed E-state index contributed by atoms with van der Waals surface area (Å²) < 4.78 is 0. The fourth-order valence-electron chi connectivity index (χ4n) is 1.79. The van der Waals surface area contributed by atoms with Crippen molar-refractivity contribution in [3.8, 4) is 0 Å². The second kappa shape index (κ2) is 5.31. The van der Waals surface area contributed by atoms with E-state index in [1.165, 1.54) is 0 Å². The van der Waals surface area contributed by atoms with Crippen molar-refractivity contribution in [1.29, 1.82) is 0 Å². The van der Waals surface area contributed by atoms with E-state index in [9.17, 15) is 4.79 Å². The molecular formula is C14H14N2O2. The fourth-order valence-corrected chi connectivity index (χ4v) is 1.79. The molecule has 4 heteroatoms. The summed E-state index contributed by atoms with van der Waals surface area (Å²) in [7, 11) is 0. The molecule has 0 spiro atoms. The minimum Gasteiger partial charge on any atom is -0.480 e.